The fourth-order valence-corrected chi connectivity index (χ4v) is 4.34. The number of rotatable bonds is 11. The van der Waals surface area contributed by atoms with Gasteiger partial charge in [-0.15, -0.1) is 24.8 Å². The second-order valence-electron chi connectivity index (χ2n) is 8.18. The molecule has 1 atom stereocenters. The fourth-order valence-electron chi connectivity index (χ4n) is 4.34. The average Bonchev–Trinajstić information content (AvgIpc) is 2.80. The number of piperazine rings is 1. The first kappa shape index (κ1) is 28.3. The van der Waals surface area contributed by atoms with E-state index in [9.17, 15) is 4.79 Å². The van der Waals surface area contributed by atoms with Crippen LogP contribution in [0.5, 0.6) is 5.75 Å². The molecule has 0 aliphatic carbocycles. The highest BCUT2D eigenvalue weighted by molar-refractivity contribution is 5.86. The lowest BCUT2D eigenvalue weighted by Crippen LogP contribution is -2.47. The second-order valence-corrected chi connectivity index (χ2v) is 8.18. The third-order valence-corrected chi connectivity index (χ3v) is 6.15. The lowest BCUT2D eigenvalue weighted by atomic mass is 9.88. The molecule has 0 aromatic heterocycles. The van der Waals surface area contributed by atoms with Crippen molar-refractivity contribution in [3.05, 3.63) is 60.2 Å². The average molecular weight is 482 g/mol. The predicted octanol–water partition coefficient (Wildman–Crippen LogP) is 5.98. The van der Waals surface area contributed by atoms with E-state index < -0.39 is 0 Å². The SMILES string of the molecule is CCCCCC(=O)C(CCN1CCN(c2ccccc2OC)CC1)c1ccccc1.Cl.Cl. The summed E-state index contributed by atoms with van der Waals surface area (Å²) in [5.41, 5.74) is 2.35. The zero-order chi connectivity index (χ0) is 21.2. The largest absolute Gasteiger partial charge is 0.495 e. The lowest BCUT2D eigenvalue weighted by Gasteiger charge is -2.37. The molecular weight excluding hydrogens is 443 g/mol. The summed E-state index contributed by atoms with van der Waals surface area (Å²) in [6.45, 7) is 7.16. The maximum absolute atomic E-state index is 13.0. The van der Waals surface area contributed by atoms with Gasteiger partial charge in [0.05, 0.1) is 12.8 Å². The molecule has 1 aliphatic rings. The highest BCUT2D eigenvalue weighted by Gasteiger charge is 2.23. The number of anilines is 1. The van der Waals surface area contributed by atoms with Gasteiger partial charge < -0.3 is 9.64 Å². The molecule has 1 aliphatic heterocycles. The Labute approximate surface area is 206 Å². The zero-order valence-electron chi connectivity index (χ0n) is 19.4. The maximum Gasteiger partial charge on any atom is 0.142 e. The van der Waals surface area contributed by atoms with Crippen molar-refractivity contribution in [2.45, 2.75) is 44.9 Å². The number of carbonyl (C=O) groups excluding carboxylic acids is 1. The lowest BCUT2D eigenvalue weighted by molar-refractivity contribution is -0.120. The smallest absolute Gasteiger partial charge is 0.142 e. The summed E-state index contributed by atoms with van der Waals surface area (Å²) < 4.78 is 5.53. The van der Waals surface area contributed by atoms with E-state index in [0.29, 0.717) is 12.2 Å². The first-order valence-electron chi connectivity index (χ1n) is 11.4. The van der Waals surface area contributed by atoms with Gasteiger partial charge in [0.25, 0.3) is 0 Å². The molecular formula is C26H38Cl2N2O2. The normalized spacial score (nSPS) is 14.8. The third kappa shape index (κ3) is 7.99. The quantitative estimate of drug-likeness (QED) is 0.370. The molecule has 3 rings (SSSR count). The highest BCUT2D eigenvalue weighted by atomic mass is 35.5. The summed E-state index contributed by atoms with van der Waals surface area (Å²) in [6, 6.07) is 18.6. The minimum absolute atomic E-state index is 0. The number of Topliss-reactive ketones (excluding diaryl/α,β-unsaturated/α-hetero) is 1. The summed E-state index contributed by atoms with van der Waals surface area (Å²) in [7, 11) is 1.73. The molecule has 2 aromatic rings. The molecule has 0 saturated carbocycles. The van der Waals surface area contributed by atoms with Gasteiger partial charge in [0.15, 0.2) is 0 Å². The Hall–Kier alpha value is -1.75. The van der Waals surface area contributed by atoms with Crippen molar-refractivity contribution in [1.29, 1.82) is 0 Å². The van der Waals surface area contributed by atoms with E-state index in [1.54, 1.807) is 7.11 Å². The third-order valence-electron chi connectivity index (χ3n) is 6.15. The van der Waals surface area contributed by atoms with Gasteiger partial charge >= 0.3 is 0 Å². The second kappa shape index (κ2) is 15.2. The van der Waals surface area contributed by atoms with Crippen molar-refractivity contribution < 1.29 is 9.53 Å². The number of nitrogens with zero attached hydrogens (tertiary/aromatic N) is 2. The van der Waals surface area contributed by atoms with E-state index in [-0.39, 0.29) is 30.7 Å². The topological polar surface area (TPSA) is 32.8 Å². The minimum atomic E-state index is 0. The van der Waals surface area contributed by atoms with Crippen LogP contribution >= 0.6 is 24.8 Å². The van der Waals surface area contributed by atoms with Crippen molar-refractivity contribution >= 4 is 36.3 Å². The number of benzene rings is 2. The molecule has 0 bridgehead atoms. The van der Waals surface area contributed by atoms with E-state index in [0.717, 1.165) is 64.2 Å². The first-order chi connectivity index (χ1) is 14.7. The number of halogens is 2. The first-order valence-corrected chi connectivity index (χ1v) is 11.4. The Morgan fingerprint density at radius 1 is 0.938 bits per heavy atom. The molecule has 0 spiro atoms. The van der Waals surface area contributed by atoms with E-state index in [1.807, 2.05) is 30.3 Å². The van der Waals surface area contributed by atoms with E-state index >= 15 is 0 Å². The molecule has 0 radical (unpaired) electrons. The Morgan fingerprint density at radius 3 is 2.25 bits per heavy atom. The molecule has 0 amide bonds. The Balaban J connectivity index is 0.00000256. The van der Waals surface area contributed by atoms with Crippen molar-refractivity contribution in [2.75, 3.05) is 44.7 Å². The van der Waals surface area contributed by atoms with Gasteiger partial charge in [0.1, 0.15) is 11.5 Å². The predicted molar refractivity (Wildman–Crippen MR) is 139 cm³/mol. The molecule has 178 valence electrons. The number of hydrogen-bond acceptors (Lipinski definition) is 4. The summed E-state index contributed by atoms with van der Waals surface area (Å²) in [6.07, 6.45) is 4.91. The van der Waals surface area contributed by atoms with Crippen LogP contribution < -0.4 is 9.64 Å². The van der Waals surface area contributed by atoms with E-state index in [2.05, 4.69) is 41.0 Å². The van der Waals surface area contributed by atoms with Crippen LogP contribution in [0.3, 0.4) is 0 Å². The number of para-hydroxylation sites is 2. The van der Waals surface area contributed by atoms with Crippen LogP contribution in [0, 0.1) is 0 Å². The van der Waals surface area contributed by atoms with Crippen LogP contribution in [0.25, 0.3) is 0 Å². The van der Waals surface area contributed by atoms with Crippen LogP contribution in [0.15, 0.2) is 54.6 Å². The van der Waals surface area contributed by atoms with Crippen LogP contribution in [-0.4, -0.2) is 50.5 Å². The van der Waals surface area contributed by atoms with Gasteiger partial charge in [-0.25, -0.2) is 0 Å². The molecule has 1 fully saturated rings. The van der Waals surface area contributed by atoms with Gasteiger partial charge in [0, 0.05) is 38.5 Å². The van der Waals surface area contributed by atoms with Crippen molar-refractivity contribution in [1.82, 2.24) is 4.90 Å². The van der Waals surface area contributed by atoms with Gasteiger partial charge in [-0.1, -0.05) is 62.2 Å². The number of unbranched alkanes of at least 4 members (excludes halogenated alkanes) is 2. The number of ketones is 1. The van der Waals surface area contributed by atoms with Crippen LogP contribution in [0.2, 0.25) is 0 Å². The highest BCUT2D eigenvalue weighted by Crippen LogP contribution is 2.29. The summed E-state index contributed by atoms with van der Waals surface area (Å²) in [4.78, 5) is 17.9. The molecule has 1 saturated heterocycles. The zero-order valence-corrected chi connectivity index (χ0v) is 21.0. The number of carbonyl (C=O) groups is 1. The van der Waals surface area contributed by atoms with Crippen molar-refractivity contribution in [2.24, 2.45) is 0 Å². The van der Waals surface area contributed by atoms with Crippen LogP contribution in [0.4, 0.5) is 5.69 Å². The van der Waals surface area contributed by atoms with Gasteiger partial charge in [-0.05, 0) is 37.1 Å². The Morgan fingerprint density at radius 2 is 1.59 bits per heavy atom. The molecule has 2 aromatic carbocycles. The molecule has 4 nitrogen and oxygen atoms in total. The van der Waals surface area contributed by atoms with Crippen molar-refractivity contribution in [3.8, 4) is 5.75 Å². The summed E-state index contributed by atoms with van der Waals surface area (Å²) in [5.74, 6) is 1.37. The fraction of sp³-hybridized carbons (Fsp3) is 0.500. The van der Waals surface area contributed by atoms with Crippen molar-refractivity contribution in [3.63, 3.8) is 0 Å². The standard InChI is InChI=1S/C26H36N2O2.2ClH/c1-3-4-6-14-25(29)23(22-11-7-5-8-12-22)16-17-27-18-20-28(21-19-27)24-13-9-10-15-26(24)30-2;;/h5,7-13,15,23H,3-4,6,14,16-21H2,1-2H3;2*1H. The van der Waals surface area contributed by atoms with E-state index in [1.165, 1.54) is 11.3 Å². The van der Waals surface area contributed by atoms with Crippen LogP contribution in [-0.2, 0) is 4.79 Å². The maximum atomic E-state index is 13.0. The molecule has 6 heteroatoms. The Kier molecular flexibility index (Phi) is 13.4. The number of methoxy groups -OCH3 is 1. The number of hydrogen-bond donors (Lipinski definition) is 0. The summed E-state index contributed by atoms with van der Waals surface area (Å²) >= 11 is 0. The Bertz CT molecular complexity index is 780. The molecule has 0 N–H and O–H groups in total. The van der Waals surface area contributed by atoms with E-state index in [4.69, 9.17) is 4.74 Å². The van der Waals surface area contributed by atoms with Gasteiger partial charge in [-0.3, -0.25) is 9.69 Å². The summed E-state index contributed by atoms with van der Waals surface area (Å²) in [5, 5.41) is 0. The monoisotopic (exact) mass is 480 g/mol. The minimum Gasteiger partial charge on any atom is -0.495 e. The van der Waals surface area contributed by atoms with Gasteiger partial charge in [0.2, 0.25) is 0 Å². The number of ether oxygens (including phenoxy) is 1. The molecule has 1 unspecified atom stereocenters. The molecule has 1 heterocycles. The van der Waals surface area contributed by atoms with Crippen LogP contribution in [0.1, 0.15) is 50.5 Å². The van der Waals surface area contributed by atoms with Gasteiger partial charge in [-0.2, -0.15) is 0 Å². The molecule has 32 heavy (non-hydrogen) atoms.